The number of halogens is 3. The van der Waals surface area contributed by atoms with Crippen LogP contribution in [0.3, 0.4) is 0 Å². The van der Waals surface area contributed by atoms with Crippen LogP contribution in [0.15, 0.2) is 36.7 Å². The summed E-state index contributed by atoms with van der Waals surface area (Å²) in [6.45, 7) is 1.63. The number of aromatic nitrogens is 1. The third kappa shape index (κ3) is 2.93. The van der Waals surface area contributed by atoms with E-state index in [2.05, 4.69) is 20.9 Å². The second kappa shape index (κ2) is 5.57. The van der Waals surface area contributed by atoms with Crippen molar-refractivity contribution in [1.82, 2.24) is 4.98 Å². The maximum atomic E-state index is 13.7. The fraction of sp³-hybridized carbons (Fsp3) is 0.214. The second-order valence-corrected chi connectivity index (χ2v) is 5.26. The van der Waals surface area contributed by atoms with Crippen LogP contribution in [0.2, 0.25) is 0 Å². The number of hydrogen-bond donors (Lipinski definition) is 0. The third-order valence-corrected chi connectivity index (χ3v) is 3.60. The topological polar surface area (TPSA) is 12.9 Å². The van der Waals surface area contributed by atoms with Gasteiger partial charge in [0.1, 0.15) is 11.6 Å². The van der Waals surface area contributed by atoms with E-state index in [9.17, 15) is 8.78 Å². The van der Waals surface area contributed by atoms with Crippen LogP contribution >= 0.6 is 15.9 Å². The molecule has 2 aromatic rings. The SMILES string of the molecule is Cc1cc(C(Br)Cc2ccncc2)c(F)cc1F. The molecular formula is C14H12BrF2N. The molecule has 0 saturated heterocycles. The Morgan fingerprint density at radius 3 is 2.50 bits per heavy atom. The third-order valence-electron chi connectivity index (χ3n) is 2.78. The molecule has 94 valence electrons. The van der Waals surface area contributed by atoms with E-state index in [1.54, 1.807) is 25.4 Å². The smallest absolute Gasteiger partial charge is 0.130 e. The highest BCUT2D eigenvalue weighted by molar-refractivity contribution is 9.09. The van der Waals surface area contributed by atoms with Gasteiger partial charge in [-0.25, -0.2) is 8.78 Å². The number of alkyl halides is 1. The summed E-state index contributed by atoms with van der Waals surface area (Å²) in [4.78, 5) is 3.75. The number of aryl methyl sites for hydroxylation is 1. The summed E-state index contributed by atoms with van der Waals surface area (Å²) in [5, 5.41) is 0. The second-order valence-electron chi connectivity index (χ2n) is 4.15. The first-order chi connectivity index (χ1) is 8.58. The van der Waals surface area contributed by atoms with Crippen molar-refractivity contribution < 1.29 is 8.78 Å². The van der Waals surface area contributed by atoms with Crippen LogP contribution in [0.5, 0.6) is 0 Å². The molecule has 0 aliphatic carbocycles. The van der Waals surface area contributed by atoms with E-state index in [1.165, 1.54) is 0 Å². The standard InChI is InChI=1S/C14H12BrF2N/c1-9-6-11(14(17)8-13(9)16)12(15)7-10-2-4-18-5-3-10/h2-6,8,12H,7H2,1H3. The molecule has 1 nitrogen and oxygen atoms in total. The average molecular weight is 312 g/mol. The van der Waals surface area contributed by atoms with Crippen LogP contribution in [0.25, 0.3) is 0 Å². The van der Waals surface area contributed by atoms with Gasteiger partial charge in [0, 0.05) is 28.9 Å². The molecule has 1 heterocycles. The molecule has 0 aliphatic rings. The minimum Gasteiger partial charge on any atom is -0.265 e. The monoisotopic (exact) mass is 311 g/mol. The van der Waals surface area contributed by atoms with Gasteiger partial charge in [-0.15, -0.1) is 0 Å². The molecule has 0 bridgehead atoms. The number of rotatable bonds is 3. The Bertz CT molecular complexity index is 543. The molecule has 0 fully saturated rings. The predicted molar refractivity (Wildman–Crippen MR) is 70.7 cm³/mol. The lowest BCUT2D eigenvalue weighted by Crippen LogP contribution is -2.01. The summed E-state index contributed by atoms with van der Waals surface area (Å²) in [6, 6.07) is 6.24. The molecule has 0 saturated carbocycles. The largest absolute Gasteiger partial charge is 0.265 e. The molecule has 1 atom stereocenters. The van der Waals surface area contributed by atoms with Crippen molar-refractivity contribution >= 4 is 15.9 Å². The van der Waals surface area contributed by atoms with Crippen LogP contribution in [-0.2, 0) is 6.42 Å². The highest BCUT2D eigenvalue weighted by Gasteiger charge is 2.15. The molecular weight excluding hydrogens is 300 g/mol. The molecule has 1 aromatic heterocycles. The summed E-state index contributed by atoms with van der Waals surface area (Å²) < 4.78 is 26.9. The molecule has 0 N–H and O–H groups in total. The van der Waals surface area contributed by atoms with E-state index < -0.39 is 11.6 Å². The maximum absolute atomic E-state index is 13.7. The molecule has 4 heteroatoms. The first-order valence-electron chi connectivity index (χ1n) is 5.56. The van der Waals surface area contributed by atoms with Crippen molar-refractivity contribution in [2.24, 2.45) is 0 Å². The normalized spacial score (nSPS) is 12.4. The number of pyridine rings is 1. The minimum atomic E-state index is -0.519. The zero-order valence-corrected chi connectivity index (χ0v) is 11.4. The number of benzene rings is 1. The Morgan fingerprint density at radius 2 is 1.83 bits per heavy atom. The van der Waals surface area contributed by atoms with E-state index in [4.69, 9.17) is 0 Å². The summed E-state index contributed by atoms with van der Waals surface area (Å²) in [6.07, 6.45) is 4.02. The summed E-state index contributed by atoms with van der Waals surface area (Å²) in [5.74, 6) is -1.03. The number of hydrogen-bond acceptors (Lipinski definition) is 1. The van der Waals surface area contributed by atoms with Gasteiger partial charge in [-0.05, 0) is 42.7 Å². The summed E-state index contributed by atoms with van der Waals surface area (Å²) >= 11 is 3.45. The highest BCUT2D eigenvalue weighted by atomic mass is 79.9. The van der Waals surface area contributed by atoms with Crippen molar-refractivity contribution in [1.29, 1.82) is 0 Å². The lowest BCUT2D eigenvalue weighted by atomic mass is 10.0. The van der Waals surface area contributed by atoms with E-state index in [0.29, 0.717) is 17.5 Å². The minimum absolute atomic E-state index is 0.181. The Kier molecular flexibility index (Phi) is 4.07. The van der Waals surface area contributed by atoms with Crippen LogP contribution in [-0.4, -0.2) is 4.98 Å². The molecule has 0 radical (unpaired) electrons. The van der Waals surface area contributed by atoms with Crippen LogP contribution in [0, 0.1) is 18.6 Å². The zero-order chi connectivity index (χ0) is 13.1. The molecule has 1 aromatic carbocycles. The van der Waals surface area contributed by atoms with E-state index >= 15 is 0 Å². The summed E-state index contributed by atoms with van der Waals surface area (Å²) in [7, 11) is 0. The molecule has 0 spiro atoms. The number of nitrogens with zero attached hydrogens (tertiary/aromatic N) is 1. The highest BCUT2D eigenvalue weighted by Crippen LogP contribution is 2.30. The molecule has 2 rings (SSSR count). The van der Waals surface area contributed by atoms with Crippen molar-refractivity contribution in [2.75, 3.05) is 0 Å². The van der Waals surface area contributed by atoms with Gasteiger partial charge in [0.05, 0.1) is 0 Å². The van der Waals surface area contributed by atoms with Crippen molar-refractivity contribution in [3.63, 3.8) is 0 Å². The fourth-order valence-electron chi connectivity index (χ4n) is 1.76. The van der Waals surface area contributed by atoms with Gasteiger partial charge in [-0.3, -0.25) is 4.98 Å². The van der Waals surface area contributed by atoms with E-state index in [-0.39, 0.29) is 4.83 Å². The van der Waals surface area contributed by atoms with Crippen molar-refractivity contribution in [3.8, 4) is 0 Å². The predicted octanol–water partition coefficient (Wildman–Crippen LogP) is 4.35. The quantitative estimate of drug-likeness (QED) is 0.768. The Hall–Kier alpha value is -1.29. The van der Waals surface area contributed by atoms with Gasteiger partial charge in [0.25, 0.3) is 0 Å². The van der Waals surface area contributed by atoms with Gasteiger partial charge in [-0.2, -0.15) is 0 Å². The lowest BCUT2D eigenvalue weighted by Gasteiger charge is -2.12. The van der Waals surface area contributed by atoms with Gasteiger partial charge in [-0.1, -0.05) is 15.9 Å². The van der Waals surface area contributed by atoms with Gasteiger partial charge < -0.3 is 0 Å². The molecule has 1 unspecified atom stereocenters. The average Bonchev–Trinajstić information content (AvgIpc) is 2.35. The van der Waals surface area contributed by atoms with Crippen LogP contribution in [0.1, 0.15) is 21.5 Å². The van der Waals surface area contributed by atoms with E-state index in [1.807, 2.05) is 12.1 Å². The van der Waals surface area contributed by atoms with Crippen LogP contribution in [0.4, 0.5) is 8.78 Å². The summed E-state index contributed by atoms with van der Waals surface area (Å²) in [5.41, 5.74) is 1.98. The first kappa shape index (κ1) is 13.1. The van der Waals surface area contributed by atoms with Gasteiger partial charge in [0.15, 0.2) is 0 Å². The zero-order valence-electron chi connectivity index (χ0n) is 9.83. The van der Waals surface area contributed by atoms with Crippen LogP contribution < -0.4 is 0 Å². The van der Waals surface area contributed by atoms with Gasteiger partial charge in [0.2, 0.25) is 0 Å². The molecule has 0 aliphatic heterocycles. The van der Waals surface area contributed by atoms with E-state index in [0.717, 1.165) is 11.6 Å². The van der Waals surface area contributed by atoms with Gasteiger partial charge >= 0.3 is 0 Å². The fourth-order valence-corrected chi connectivity index (χ4v) is 2.48. The lowest BCUT2D eigenvalue weighted by molar-refractivity contribution is 0.566. The Labute approximate surface area is 113 Å². The van der Waals surface area contributed by atoms with Crippen molar-refractivity contribution in [2.45, 2.75) is 18.2 Å². The molecule has 18 heavy (non-hydrogen) atoms. The molecule has 0 amide bonds. The maximum Gasteiger partial charge on any atom is 0.130 e. The Morgan fingerprint density at radius 1 is 1.17 bits per heavy atom. The first-order valence-corrected chi connectivity index (χ1v) is 6.48. The Balaban J connectivity index is 2.24. The van der Waals surface area contributed by atoms with Crippen molar-refractivity contribution in [3.05, 3.63) is 65.0 Å².